The predicted molar refractivity (Wildman–Crippen MR) is 82.0 cm³/mol. The number of anilines is 2. The Bertz CT molecular complexity index is 694. The van der Waals surface area contributed by atoms with Crippen LogP contribution < -0.4 is 10.6 Å². The smallest absolute Gasteiger partial charge is 0.338 e. The molecule has 1 heterocycles. The van der Waals surface area contributed by atoms with Gasteiger partial charge in [-0.2, -0.15) is 0 Å². The van der Waals surface area contributed by atoms with Crippen LogP contribution >= 0.6 is 34.5 Å². The SMILES string of the molecule is O=C(Nc1cc(Cl)c(O)c(Cl)c1)Nc1sccc1C(=O)O. The van der Waals surface area contributed by atoms with Crippen molar-refractivity contribution in [1.29, 1.82) is 0 Å². The second kappa shape index (κ2) is 6.21. The van der Waals surface area contributed by atoms with Crippen LogP contribution in [0.25, 0.3) is 0 Å². The van der Waals surface area contributed by atoms with Gasteiger partial charge in [0.05, 0.1) is 15.6 Å². The van der Waals surface area contributed by atoms with E-state index in [1.54, 1.807) is 5.38 Å². The van der Waals surface area contributed by atoms with E-state index in [1.165, 1.54) is 18.2 Å². The van der Waals surface area contributed by atoms with Gasteiger partial charge in [-0.1, -0.05) is 23.2 Å². The summed E-state index contributed by atoms with van der Waals surface area (Å²) in [5.41, 5.74) is 0.255. The molecule has 9 heteroatoms. The number of carboxylic acid groups (broad SMARTS) is 1. The molecule has 0 saturated carbocycles. The van der Waals surface area contributed by atoms with Gasteiger partial charge in [0.25, 0.3) is 0 Å². The molecule has 2 rings (SSSR count). The van der Waals surface area contributed by atoms with E-state index in [4.69, 9.17) is 28.3 Å². The Labute approximate surface area is 132 Å². The van der Waals surface area contributed by atoms with Crippen LogP contribution in [0.5, 0.6) is 5.75 Å². The Kier molecular flexibility index (Phi) is 4.56. The summed E-state index contributed by atoms with van der Waals surface area (Å²) >= 11 is 12.5. The van der Waals surface area contributed by atoms with Crippen LogP contribution in [0.1, 0.15) is 10.4 Å². The lowest BCUT2D eigenvalue weighted by molar-refractivity contribution is 0.0698. The molecular weight excluding hydrogens is 339 g/mol. The number of aromatic carboxylic acids is 1. The number of carbonyl (C=O) groups excluding carboxylic acids is 1. The largest absolute Gasteiger partial charge is 0.505 e. The molecule has 2 amide bonds. The molecule has 6 nitrogen and oxygen atoms in total. The topological polar surface area (TPSA) is 98.7 Å². The van der Waals surface area contributed by atoms with Crippen molar-refractivity contribution >= 4 is 57.2 Å². The third-order valence-corrected chi connectivity index (χ3v) is 3.80. The van der Waals surface area contributed by atoms with E-state index in [2.05, 4.69) is 10.6 Å². The Morgan fingerprint density at radius 1 is 1.14 bits per heavy atom. The number of aromatic hydroxyl groups is 1. The fraction of sp³-hybridized carbons (Fsp3) is 0. The summed E-state index contributed by atoms with van der Waals surface area (Å²) in [6.07, 6.45) is 0. The first-order chi connectivity index (χ1) is 9.88. The molecule has 0 unspecified atom stereocenters. The van der Waals surface area contributed by atoms with Gasteiger partial charge < -0.3 is 15.5 Å². The number of hydrogen-bond acceptors (Lipinski definition) is 4. The maximum absolute atomic E-state index is 11.8. The van der Waals surface area contributed by atoms with E-state index in [-0.39, 0.29) is 32.0 Å². The molecule has 1 aromatic carbocycles. The number of amides is 2. The van der Waals surface area contributed by atoms with Crippen molar-refractivity contribution in [3.05, 3.63) is 39.2 Å². The van der Waals surface area contributed by atoms with Crippen LogP contribution in [0.3, 0.4) is 0 Å². The van der Waals surface area contributed by atoms with Gasteiger partial charge in [-0.3, -0.25) is 5.32 Å². The fourth-order valence-electron chi connectivity index (χ4n) is 1.48. The highest BCUT2D eigenvalue weighted by atomic mass is 35.5. The standard InChI is InChI=1S/C12H8Cl2N2O4S/c13-7-3-5(4-8(14)9(7)17)15-12(20)16-10-6(11(18)19)1-2-21-10/h1-4,17H,(H,18,19)(H2,15,16,20). The summed E-state index contributed by atoms with van der Waals surface area (Å²) in [5, 5.41) is 24.9. The minimum absolute atomic E-state index is 0.00285. The van der Waals surface area contributed by atoms with Gasteiger partial charge in [0, 0.05) is 5.69 Å². The number of phenols is 1. The number of halogens is 2. The average Bonchev–Trinajstić information content (AvgIpc) is 2.83. The van der Waals surface area contributed by atoms with Crippen LogP contribution in [0.15, 0.2) is 23.6 Å². The highest BCUT2D eigenvalue weighted by Crippen LogP contribution is 2.34. The van der Waals surface area contributed by atoms with Gasteiger partial charge in [-0.15, -0.1) is 11.3 Å². The molecule has 0 aliphatic heterocycles. The van der Waals surface area contributed by atoms with Crippen LogP contribution in [-0.2, 0) is 0 Å². The number of carboxylic acids is 1. The number of thiophene rings is 1. The van der Waals surface area contributed by atoms with Crippen molar-refractivity contribution in [3.63, 3.8) is 0 Å². The normalized spacial score (nSPS) is 10.2. The second-order valence-corrected chi connectivity index (χ2v) is 5.57. The van der Waals surface area contributed by atoms with Gasteiger partial charge in [0.15, 0.2) is 5.75 Å². The van der Waals surface area contributed by atoms with E-state index in [0.29, 0.717) is 0 Å². The molecule has 0 saturated heterocycles. The van der Waals surface area contributed by atoms with Gasteiger partial charge in [0.1, 0.15) is 5.00 Å². The van der Waals surface area contributed by atoms with Gasteiger partial charge >= 0.3 is 12.0 Å². The Balaban J connectivity index is 2.12. The van der Waals surface area contributed by atoms with Crippen LogP contribution in [-0.4, -0.2) is 22.2 Å². The third-order valence-electron chi connectivity index (χ3n) is 2.40. The number of urea groups is 1. The van der Waals surface area contributed by atoms with Crippen molar-refractivity contribution in [3.8, 4) is 5.75 Å². The van der Waals surface area contributed by atoms with E-state index >= 15 is 0 Å². The monoisotopic (exact) mass is 346 g/mol. The molecule has 0 fully saturated rings. The summed E-state index contributed by atoms with van der Waals surface area (Å²) in [6.45, 7) is 0. The summed E-state index contributed by atoms with van der Waals surface area (Å²) in [4.78, 5) is 22.7. The van der Waals surface area contributed by atoms with Gasteiger partial charge in [-0.05, 0) is 23.6 Å². The molecule has 110 valence electrons. The van der Waals surface area contributed by atoms with Crippen molar-refractivity contribution < 1.29 is 19.8 Å². The first-order valence-corrected chi connectivity index (χ1v) is 7.09. The minimum Gasteiger partial charge on any atom is -0.505 e. The summed E-state index contributed by atoms with van der Waals surface area (Å²) in [5.74, 6) is -1.42. The Hall–Kier alpha value is -1.96. The van der Waals surface area contributed by atoms with E-state index in [0.717, 1.165) is 11.3 Å². The van der Waals surface area contributed by atoms with E-state index < -0.39 is 12.0 Å². The Morgan fingerprint density at radius 3 is 2.33 bits per heavy atom. The molecule has 4 N–H and O–H groups in total. The molecule has 21 heavy (non-hydrogen) atoms. The first kappa shape index (κ1) is 15.4. The number of nitrogens with one attached hydrogen (secondary N) is 2. The zero-order chi connectivity index (χ0) is 15.6. The van der Waals surface area contributed by atoms with Gasteiger partial charge in [0.2, 0.25) is 0 Å². The maximum Gasteiger partial charge on any atom is 0.338 e. The quantitative estimate of drug-likeness (QED) is 0.628. The molecular formula is C12H8Cl2N2O4S. The van der Waals surface area contributed by atoms with Crippen molar-refractivity contribution in [2.24, 2.45) is 0 Å². The first-order valence-electron chi connectivity index (χ1n) is 5.45. The number of carbonyl (C=O) groups is 2. The molecule has 1 aromatic heterocycles. The molecule has 0 aliphatic rings. The second-order valence-electron chi connectivity index (χ2n) is 3.84. The molecule has 0 atom stereocenters. The molecule has 2 aromatic rings. The number of phenolic OH excluding ortho intramolecular Hbond substituents is 1. The summed E-state index contributed by atoms with van der Waals surface area (Å²) in [7, 11) is 0. The average molecular weight is 347 g/mol. The van der Waals surface area contributed by atoms with E-state index in [1.807, 2.05) is 0 Å². The third kappa shape index (κ3) is 3.57. The van der Waals surface area contributed by atoms with E-state index in [9.17, 15) is 14.7 Å². The fourth-order valence-corrected chi connectivity index (χ4v) is 2.74. The molecule has 0 bridgehead atoms. The zero-order valence-electron chi connectivity index (χ0n) is 10.2. The lowest BCUT2D eigenvalue weighted by Gasteiger charge is -2.09. The van der Waals surface area contributed by atoms with Gasteiger partial charge in [-0.25, -0.2) is 9.59 Å². The molecule has 0 aliphatic carbocycles. The van der Waals surface area contributed by atoms with Crippen molar-refractivity contribution in [1.82, 2.24) is 0 Å². The van der Waals surface area contributed by atoms with Crippen molar-refractivity contribution in [2.75, 3.05) is 10.6 Å². The predicted octanol–water partition coefficient (Wildman–Crippen LogP) is 4.10. The Morgan fingerprint density at radius 2 is 1.76 bits per heavy atom. The van der Waals surface area contributed by atoms with Crippen LogP contribution in [0.4, 0.5) is 15.5 Å². The minimum atomic E-state index is -1.14. The number of benzene rings is 1. The lowest BCUT2D eigenvalue weighted by atomic mass is 10.3. The van der Waals surface area contributed by atoms with Crippen molar-refractivity contribution in [2.45, 2.75) is 0 Å². The number of rotatable bonds is 3. The highest BCUT2D eigenvalue weighted by Gasteiger charge is 2.14. The molecule has 0 radical (unpaired) electrons. The zero-order valence-corrected chi connectivity index (χ0v) is 12.5. The van der Waals surface area contributed by atoms with Crippen LogP contribution in [0.2, 0.25) is 10.0 Å². The summed E-state index contributed by atoms with van der Waals surface area (Å²) < 4.78 is 0. The summed E-state index contributed by atoms with van der Waals surface area (Å²) in [6, 6.07) is 3.36. The lowest BCUT2D eigenvalue weighted by Crippen LogP contribution is -2.20. The number of hydrogen-bond donors (Lipinski definition) is 4. The maximum atomic E-state index is 11.8. The molecule has 0 spiro atoms. The van der Waals surface area contributed by atoms with Crippen LogP contribution in [0, 0.1) is 0 Å². The highest BCUT2D eigenvalue weighted by molar-refractivity contribution is 7.14.